The number of nitro benzene ring substituents is 1. The van der Waals surface area contributed by atoms with Gasteiger partial charge in [0.1, 0.15) is 3.57 Å². The third-order valence-electron chi connectivity index (χ3n) is 1.35. The van der Waals surface area contributed by atoms with Crippen molar-refractivity contribution in [2.75, 3.05) is 0 Å². The summed E-state index contributed by atoms with van der Waals surface area (Å²) in [4.78, 5) is 10.1. The van der Waals surface area contributed by atoms with Gasteiger partial charge in [0.05, 0.1) is 4.92 Å². The Hall–Kier alpha value is -0.170. The van der Waals surface area contributed by atoms with Crippen LogP contribution in [0.1, 0.15) is 5.56 Å². The molecular formula is C7H5BrINO2. The van der Waals surface area contributed by atoms with Gasteiger partial charge in [0, 0.05) is 10.5 Å². The molecule has 0 heterocycles. The number of hydrogen-bond donors (Lipinski definition) is 0. The summed E-state index contributed by atoms with van der Waals surface area (Å²) < 4.78 is 1.41. The lowest BCUT2D eigenvalue weighted by Gasteiger charge is -1.99. The van der Waals surface area contributed by atoms with Gasteiger partial charge in [-0.15, -0.1) is 0 Å². The maximum atomic E-state index is 10.5. The minimum atomic E-state index is -0.375. The van der Waals surface area contributed by atoms with E-state index in [4.69, 9.17) is 0 Å². The molecule has 0 aliphatic carbocycles. The van der Waals surface area contributed by atoms with E-state index in [0.717, 1.165) is 10.0 Å². The van der Waals surface area contributed by atoms with Crippen molar-refractivity contribution in [3.8, 4) is 0 Å². The first-order chi connectivity index (χ1) is 5.52. The summed E-state index contributed by atoms with van der Waals surface area (Å²) in [5.41, 5.74) is 1.04. The van der Waals surface area contributed by atoms with Crippen molar-refractivity contribution in [3.63, 3.8) is 0 Å². The van der Waals surface area contributed by atoms with Crippen molar-refractivity contribution in [3.05, 3.63) is 35.9 Å². The summed E-state index contributed by atoms with van der Waals surface area (Å²) in [6, 6.07) is 3.42. The van der Waals surface area contributed by atoms with Gasteiger partial charge < -0.3 is 0 Å². The van der Waals surface area contributed by atoms with E-state index in [1.807, 2.05) is 35.6 Å². The second kappa shape index (κ2) is 3.69. The predicted molar refractivity (Wildman–Crippen MR) is 58.3 cm³/mol. The highest BCUT2D eigenvalue weighted by molar-refractivity contribution is 14.1. The fourth-order valence-corrected chi connectivity index (χ4v) is 1.91. The number of halogens is 2. The second-order valence-electron chi connectivity index (χ2n) is 2.34. The fraction of sp³-hybridized carbons (Fsp3) is 0.143. The van der Waals surface area contributed by atoms with Crippen LogP contribution in [-0.2, 0) is 0 Å². The number of rotatable bonds is 1. The summed E-state index contributed by atoms with van der Waals surface area (Å²) in [5.74, 6) is 0. The van der Waals surface area contributed by atoms with E-state index in [0.29, 0.717) is 3.57 Å². The van der Waals surface area contributed by atoms with Crippen LogP contribution >= 0.6 is 38.5 Å². The zero-order valence-corrected chi connectivity index (χ0v) is 9.92. The Labute approximate surface area is 91.6 Å². The molecule has 0 spiro atoms. The zero-order chi connectivity index (χ0) is 9.30. The van der Waals surface area contributed by atoms with Gasteiger partial charge in [0.15, 0.2) is 0 Å². The van der Waals surface area contributed by atoms with Crippen molar-refractivity contribution in [1.29, 1.82) is 0 Å². The largest absolute Gasteiger partial charge is 0.284 e. The lowest BCUT2D eigenvalue weighted by molar-refractivity contribution is -0.385. The highest BCUT2D eigenvalue weighted by Gasteiger charge is 2.14. The van der Waals surface area contributed by atoms with Gasteiger partial charge in [-0.25, -0.2) is 0 Å². The second-order valence-corrected chi connectivity index (χ2v) is 4.27. The quantitative estimate of drug-likeness (QED) is 0.447. The lowest BCUT2D eigenvalue weighted by Crippen LogP contribution is -1.92. The molecule has 0 aliphatic rings. The van der Waals surface area contributed by atoms with Crippen LogP contribution in [0.4, 0.5) is 5.69 Å². The Morgan fingerprint density at radius 3 is 2.67 bits per heavy atom. The lowest BCUT2D eigenvalue weighted by atomic mass is 10.2. The van der Waals surface area contributed by atoms with Gasteiger partial charge in [0.25, 0.3) is 5.69 Å². The van der Waals surface area contributed by atoms with E-state index >= 15 is 0 Å². The fourth-order valence-electron chi connectivity index (χ4n) is 0.839. The first-order valence-corrected chi connectivity index (χ1v) is 4.99. The minimum absolute atomic E-state index is 0.155. The van der Waals surface area contributed by atoms with Gasteiger partial charge in [-0.3, -0.25) is 10.1 Å². The van der Waals surface area contributed by atoms with Crippen LogP contribution < -0.4 is 0 Å². The van der Waals surface area contributed by atoms with Crippen LogP contribution in [0.2, 0.25) is 0 Å². The molecule has 1 aromatic carbocycles. The molecule has 0 aliphatic heterocycles. The van der Waals surface area contributed by atoms with E-state index < -0.39 is 0 Å². The van der Waals surface area contributed by atoms with Crippen molar-refractivity contribution >= 4 is 44.2 Å². The number of nitro groups is 1. The Kier molecular flexibility index (Phi) is 3.05. The van der Waals surface area contributed by atoms with Crippen LogP contribution in [-0.4, -0.2) is 4.92 Å². The van der Waals surface area contributed by atoms with Gasteiger partial charge in [-0.1, -0.05) is 0 Å². The number of benzene rings is 1. The average Bonchev–Trinajstić information content (AvgIpc) is 1.96. The molecule has 3 nitrogen and oxygen atoms in total. The predicted octanol–water partition coefficient (Wildman–Crippen LogP) is 3.27. The third kappa shape index (κ3) is 1.95. The highest BCUT2D eigenvalue weighted by Crippen LogP contribution is 2.29. The molecule has 0 unspecified atom stereocenters. The molecule has 0 atom stereocenters. The van der Waals surface area contributed by atoms with Crippen LogP contribution in [0.15, 0.2) is 16.6 Å². The van der Waals surface area contributed by atoms with Crippen molar-refractivity contribution in [1.82, 2.24) is 0 Å². The average molecular weight is 342 g/mol. The molecule has 0 aromatic heterocycles. The number of nitrogens with zero attached hydrogens (tertiary/aromatic N) is 1. The van der Waals surface area contributed by atoms with E-state index in [-0.39, 0.29) is 10.6 Å². The van der Waals surface area contributed by atoms with Crippen LogP contribution in [0.3, 0.4) is 0 Å². The van der Waals surface area contributed by atoms with E-state index in [1.165, 1.54) is 0 Å². The first kappa shape index (κ1) is 9.91. The summed E-state index contributed by atoms with van der Waals surface area (Å²) >= 11 is 5.20. The first-order valence-electron chi connectivity index (χ1n) is 3.12. The molecule has 0 saturated carbocycles. The minimum Gasteiger partial charge on any atom is -0.258 e. The van der Waals surface area contributed by atoms with Crippen LogP contribution in [0, 0.1) is 20.6 Å². The normalized spacial score (nSPS) is 9.92. The van der Waals surface area contributed by atoms with E-state index in [1.54, 1.807) is 6.07 Å². The maximum Gasteiger partial charge on any atom is 0.284 e. The summed E-state index contributed by atoms with van der Waals surface area (Å²) in [5, 5.41) is 10.5. The van der Waals surface area contributed by atoms with Crippen molar-refractivity contribution < 1.29 is 4.92 Å². The molecule has 0 fully saturated rings. The summed E-state index contributed by atoms with van der Waals surface area (Å²) in [6.45, 7) is 1.83. The Morgan fingerprint density at radius 2 is 2.17 bits per heavy atom. The van der Waals surface area contributed by atoms with Gasteiger partial charge in [0.2, 0.25) is 0 Å². The molecule has 0 radical (unpaired) electrons. The summed E-state index contributed by atoms with van der Waals surface area (Å²) in [6.07, 6.45) is 0. The maximum absolute atomic E-state index is 10.5. The van der Waals surface area contributed by atoms with E-state index in [2.05, 4.69) is 15.9 Å². The van der Waals surface area contributed by atoms with Gasteiger partial charge in [-0.2, -0.15) is 0 Å². The molecular weight excluding hydrogens is 337 g/mol. The third-order valence-corrected chi connectivity index (χ3v) is 3.85. The van der Waals surface area contributed by atoms with Gasteiger partial charge in [-0.05, 0) is 57.1 Å². The molecule has 0 N–H and O–H groups in total. The number of hydrogen-bond acceptors (Lipinski definition) is 2. The molecule has 64 valence electrons. The molecule has 0 amide bonds. The molecule has 12 heavy (non-hydrogen) atoms. The Morgan fingerprint density at radius 1 is 1.58 bits per heavy atom. The van der Waals surface area contributed by atoms with Gasteiger partial charge >= 0.3 is 0 Å². The van der Waals surface area contributed by atoms with E-state index in [9.17, 15) is 10.1 Å². The molecule has 0 bridgehead atoms. The Bertz CT molecular complexity index is 340. The number of aryl methyl sites for hydroxylation is 1. The standard InChI is InChI=1S/C7H5BrINO2/c1-4-2-5(8)7(9)6(3-4)10(11)12/h2-3H,1H3. The van der Waals surface area contributed by atoms with Crippen molar-refractivity contribution in [2.45, 2.75) is 6.92 Å². The molecule has 0 saturated heterocycles. The Balaban J connectivity index is 3.37. The van der Waals surface area contributed by atoms with Crippen LogP contribution in [0.25, 0.3) is 0 Å². The molecule has 1 rings (SSSR count). The van der Waals surface area contributed by atoms with Crippen molar-refractivity contribution in [2.24, 2.45) is 0 Å². The smallest absolute Gasteiger partial charge is 0.258 e. The highest BCUT2D eigenvalue weighted by atomic mass is 127. The SMILES string of the molecule is Cc1cc(Br)c(I)c([N+](=O)[O-])c1. The topological polar surface area (TPSA) is 43.1 Å². The van der Waals surface area contributed by atoms with Crippen LogP contribution in [0.5, 0.6) is 0 Å². The monoisotopic (exact) mass is 341 g/mol. The zero-order valence-electron chi connectivity index (χ0n) is 6.17. The molecule has 5 heteroatoms. The molecule has 1 aromatic rings. The summed E-state index contributed by atoms with van der Waals surface area (Å²) in [7, 11) is 0.